The lowest BCUT2D eigenvalue weighted by molar-refractivity contribution is -0.137. The van der Waals surface area contributed by atoms with Gasteiger partial charge < -0.3 is 14.5 Å². The summed E-state index contributed by atoms with van der Waals surface area (Å²) >= 11 is 0. The third-order valence-electron chi connectivity index (χ3n) is 5.95. The zero-order chi connectivity index (χ0) is 23.2. The smallest absolute Gasteiger partial charge is 0.417 e. The van der Waals surface area contributed by atoms with Gasteiger partial charge in [0.1, 0.15) is 11.4 Å². The predicted molar refractivity (Wildman–Crippen MR) is 112 cm³/mol. The number of halogens is 3. The molecule has 2 aliphatic rings. The second kappa shape index (κ2) is 8.02. The Kier molecular flexibility index (Phi) is 5.15. The lowest BCUT2D eigenvalue weighted by Gasteiger charge is -2.37. The van der Waals surface area contributed by atoms with Gasteiger partial charge in [0.15, 0.2) is 0 Å². The zero-order valence-electron chi connectivity index (χ0n) is 17.4. The molecule has 1 unspecified atom stereocenters. The second-order valence-electron chi connectivity index (χ2n) is 8.07. The summed E-state index contributed by atoms with van der Waals surface area (Å²) in [6.45, 7) is 1.53. The highest BCUT2D eigenvalue weighted by atomic mass is 19.4. The highest BCUT2D eigenvalue weighted by Crippen LogP contribution is 2.31. The number of pyridine rings is 2. The number of benzene rings is 1. The number of ether oxygens (including phenoxy) is 1. The number of fused-ring (bicyclic) bond motifs is 2. The Balaban J connectivity index is 1.30. The summed E-state index contributed by atoms with van der Waals surface area (Å²) in [4.78, 5) is 36.6. The molecule has 7 nitrogen and oxygen atoms in total. The van der Waals surface area contributed by atoms with Crippen LogP contribution in [-0.4, -0.2) is 57.3 Å². The Morgan fingerprint density at radius 3 is 2.70 bits per heavy atom. The molecule has 2 amide bonds. The Morgan fingerprint density at radius 1 is 1.09 bits per heavy atom. The number of aromatic nitrogens is 2. The van der Waals surface area contributed by atoms with E-state index in [-0.39, 0.29) is 23.7 Å². The fourth-order valence-electron chi connectivity index (χ4n) is 4.23. The lowest BCUT2D eigenvalue weighted by atomic mass is 10.1. The summed E-state index contributed by atoms with van der Waals surface area (Å²) in [6, 6.07) is 10.5. The monoisotopic (exact) mass is 456 g/mol. The average molecular weight is 456 g/mol. The van der Waals surface area contributed by atoms with Crippen molar-refractivity contribution in [1.29, 1.82) is 0 Å². The van der Waals surface area contributed by atoms with Crippen LogP contribution in [0.2, 0.25) is 0 Å². The molecule has 4 heterocycles. The molecule has 2 aliphatic heterocycles. The number of piperazine rings is 1. The molecule has 0 saturated carbocycles. The Labute approximate surface area is 186 Å². The summed E-state index contributed by atoms with van der Waals surface area (Å²) in [5.74, 6) is 0.398. The average Bonchev–Trinajstić information content (AvgIpc) is 3.18. The summed E-state index contributed by atoms with van der Waals surface area (Å²) in [6.07, 6.45) is -2.44. The molecule has 0 bridgehead atoms. The first kappa shape index (κ1) is 21.2. The van der Waals surface area contributed by atoms with Crippen molar-refractivity contribution in [1.82, 2.24) is 19.8 Å². The summed E-state index contributed by atoms with van der Waals surface area (Å²) in [7, 11) is 0. The van der Waals surface area contributed by atoms with E-state index in [0.717, 1.165) is 24.8 Å². The zero-order valence-corrected chi connectivity index (χ0v) is 17.4. The largest absolute Gasteiger partial charge is 0.439 e. The van der Waals surface area contributed by atoms with Gasteiger partial charge in [-0.3, -0.25) is 9.59 Å². The minimum Gasteiger partial charge on any atom is -0.439 e. The predicted octanol–water partition coefficient (Wildman–Crippen LogP) is 3.89. The van der Waals surface area contributed by atoms with Gasteiger partial charge in [-0.2, -0.15) is 13.2 Å². The molecule has 33 heavy (non-hydrogen) atoms. The molecule has 10 heteroatoms. The standard InChI is InChI=1S/C23H19F3N4O3/c24-23(25,26)15-2-7-20(27-12-15)33-17-4-6-18-14(11-17)1-5-19(28-18)22(32)29-9-10-30-16(13-29)3-8-21(30)31/h1-2,4-7,11-12,16H,3,8-10,13H2. The van der Waals surface area contributed by atoms with E-state index in [2.05, 4.69) is 9.97 Å². The third kappa shape index (κ3) is 4.20. The van der Waals surface area contributed by atoms with E-state index in [1.54, 1.807) is 35.2 Å². The minimum atomic E-state index is -4.46. The van der Waals surface area contributed by atoms with Crippen LogP contribution in [0.4, 0.5) is 13.2 Å². The Morgan fingerprint density at radius 2 is 1.94 bits per heavy atom. The third-order valence-corrected chi connectivity index (χ3v) is 5.95. The topological polar surface area (TPSA) is 75.6 Å². The van der Waals surface area contributed by atoms with Gasteiger partial charge in [-0.05, 0) is 36.8 Å². The van der Waals surface area contributed by atoms with Crippen molar-refractivity contribution in [2.24, 2.45) is 0 Å². The first-order chi connectivity index (χ1) is 15.8. The fraction of sp³-hybridized carbons (Fsp3) is 0.304. The maximum absolute atomic E-state index is 13.0. The number of hydrogen-bond acceptors (Lipinski definition) is 5. The van der Waals surface area contributed by atoms with Crippen molar-refractivity contribution < 1.29 is 27.5 Å². The molecule has 1 atom stereocenters. The van der Waals surface area contributed by atoms with Crippen molar-refractivity contribution in [3.63, 3.8) is 0 Å². The second-order valence-corrected chi connectivity index (χ2v) is 8.07. The Hall–Kier alpha value is -3.69. The summed E-state index contributed by atoms with van der Waals surface area (Å²) < 4.78 is 43.6. The van der Waals surface area contributed by atoms with Crippen LogP contribution < -0.4 is 4.74 Å². The van der Waals surface area contributed by atoms with Crippen LogP contribution in [-0.2, 0) is 11.0 Å². The van der Waals surface area contributed by atoms with Gasteiger partial charge in [0.2, 0.25) is 11.8 Å². The van der Waals surface area contributed by atoms with E-state index in [1.807, 2.05) is 4.90 Å². The fourth-order valence-corrected chi connectivity index (χ4v) is 4.23. The lowest BCUT2D eigenvalue weighted by Crippen LogP contribution is -2.53. The van der Waals surface area contributed by atoms with Gasteiger partial charge in [0, 0.05) is 49.7 Å². The number of hydrogen-bond donors (Lipinski definition) is 0. The molecular weight excluding hydrogens is 437 g/mol. The molecule has 3 aromatic rings. The summed E-state index contributed by atoms with van der Waals surface area (Å²) in [5.41, 5.74) is 0.0531. The van der Waals surface area contributed by atoms with E-state index in [0.29, 0.717) is 48.4 Å². The van der Waals surface area contributed by atoms with Gasteiger partial charge in [0.25, 0.3) is 5.91 Å². The van der Waals surface area contributed by atoms with E-state index < -0.39 is 11.7 Å². The van der Waals surface area contributed by atoms with E-state index >= 15 is 0 Å². The van der Waals surface area contributed by atoms with Crippen molar-refractivity contribution >= 4 is 22.7 Å². The van der Waals surface area contributed by atoms with Crippen LogP contribution in [0.15, 0.2) is 48.7 Å². The molecule has 170 valence electrons. The highest BCUT2D eigenvalue weighted by Gasteiger charge is 2.37. The van der Waals surface area contributed by atoms with Gasteiger partial charge in [-0.15, -0.1) is 0 Å². The van der Waals surface area contributed by atoms with E-state index in [1.165, 1.54) is 0 Å². The molecule has 1 aromatic carbocycles. The maximum Gasteiger partial charge on any atom is 0.417 e. The van der Waals surface area contributed by atoms with Crippen LogP contribution >= 0.6 is 0 Å². The van der Waals surface area contributed by atoms with E-state index in [9.17, 15) is 22.8 Å². The van der Waals surface area contributed by atoms with Crippen LogP contribution in [0.3, 0.4) is 0 Å². The molecule has 2 aromatic heterocycles. The van der Waals surface area contributed by atoms with Crippen molar-refractivity contribution in [2.45, 2.75) is 25.1 Å². The van der Waals surface area contributed by atoms with Crippen LogP contribution in [0.25, 0.3) is 10.9 Å². The molecule has 0 aliphatic carbocycles. The maximum atomic E-state index is 13.0. The van der Waals surface area contributed by atoms with Gasteiger partial charge in [-0.1, -0.05) is 6.07 Å². The number of carbonyl (C=O) groups excluding carboxylic acids is 2. The van der Waals surface area contributed by atoms with Crippen molar-refractivity contribution in [2.75, 3.05) is 19.6 Å². The first-order valence-electron chi connectivity index (χ1n) is 10.5. The van der Waals surface area contributed by atoms with Gasteiger partial charge in [0.05, 0.1) is 11.1 Å². The van der Waals surface area contributed by atoms with E-state index in [4.69, 9.17) is 4.74 Å². The Bertz CT molecular complexity index is 1230. The summed E-state index contributed by atoms with van der Waals surface area (Å²) in [5, 5.41) is 0.710. The molecular formula is C23H19F3N4O3. The molecule has 5 rings (SSSR count). The van der Waals surface area contributed by atoms with Crippen molar-refractivity contribution in [3.8, 4) is 11.6 Å². The quantitative estimate of drug-likeness (QED) is 0.598. The number of amides is 2. The number of nitrogens with zero attached hydrogens (tertiary/aromatic N) is 4. The molecule has 0 N–H and O–H groups in total. The van der Waals surface area contributed by atoms with Crippen molar-refractivity contribution in [3.05, 3.63) is 59.9 Å². The van der Waals surface area contributed by atoms with Crippen LogP contribution in [0, 0.1) is 0 Å². The highest BCUT2D eigenvalue weighted by molar-refractivity contribution is 5.95. The number of rotatable bonds is 3. The minimum absolute atomic E-state index is 0.0339. The molecule has 0 spiro atoms. The number of alkyl halides is 3. The number of carbonyl (C=O) groups is 2. The SMILES string of the molecule is O=C(c1ccc2cc(Oc3ccc(C(F)(F)F)cn3)ccc2n1)N1CCN2C(=O)CCC2C1. The molecule has 2 saturated heterocycles. The normalized spacial score (nSPS) is 18.5. The van der Waals surface area contributed by atoms with Crippen LogP contribution in [0.5, 0.6) is 11.6 Å². The van der Waals surface area contributed by atoms with Gasteiger partial charge >= 0.3 is 6.18 Å². The molecule has 0 radical (unpaired) electrons. The van der Waals surface area contributed by atoms with Crippen LogP contribution in [0.1, 0.15) is 28.9 Å². The first-order valence-corrected chi connectivity index (χ1v) is 10.5. The van der Waals surface area contributed by atoms with Gasteiger partial charge in [-0.25, -0.2) is 9.97 Å². The molecule has 2 fully saturated rings.